The molecular weight excluding hydrogens is 274 g/mol. The van der Waals surface area contributed by atoms with Gasteiger partial charge in [-0.25, -0.2) is 0 Å². The van der Waals surface area contributed by atoms with Crippen molar-refractivity contribution in [1.82, 2.24) is 4.90 Å². The zero-order valence-electron chi connectivity index (χ0n) is 13.3. The Morgan fingerprint density at radius 3 is 2.52 bits per heavy atom. The predicted octanol–water partition coefficient (Wildman–Crippen LogP) is 0.628. The summed E-state index contributed by atoms with van der Waals surface area (Å²) in [7, 11) is 3.71. The van der Waals surface area contributed by atoms with E-state index in [0.29, 0.717) is 32.4 Å². The van der Waals surface area contributed by atoms with Gasteiger partial charge < -0.3 is 29.0 Å². The van der Waals surface area contributed by atoms with Crippen molar-refractivity contribution < 1.29 is 24.1 Å². The smallest absolute Gasteiger partial charge is 0.168 e. The van der Waals surface area contributed by atoms with E-state index in [1.165, 1.54) is 0 Å². The van der Waals surface area contributed by atoms with Gasteiger partial charge in [0.25, 0.3) is 0 Å². The molecule has 1 heterocycles. The maximum Gasteiger partial charge on any atom is 0.168 e. The first kappa shape index (κ1) is 17.1. The highest BCUT2D eigenvalue weighted by Crippen LogP contribution is 2.37. The Morgan fingerprint density at radius 2 is 1.90 bits per heavy atom. The molecule has 0 bridgehead atoms. The van der Waals surface area contributed by atoms with Crippen LogP contribution in [0, 0.1) is 0 Å². The Bertz CT molecular complexity index is 286. The number of hydrogen-bond donors (Lipinski definition) is 1. The second-order valence-electron chi connectivity index (χ2n) is 6.00. The zero-order chi connectivity index (χ0) is 15.1. The van der Waals surface area contributed by atoms with Crippen LogP contribution in [0.1, 0.15) is 25.7 Å². The molecule has 2 aliphatic rings. The standard InChI is InChI=1S/C15H29NO5/c1-16(11-14(17)12-19-8-7-18-2)13-3-5-15(6-4-13)20-9-10-21-15/h13-14,17H,3-12H2,1-2H3. The Labute approximate surface area is 127 Å². The van der Waals surface area contributed by atoms with Crippen molar-refractivity contribution in [3.63, 3.8) is 0 Å². The molecule has 124 valence electrons. The van der Waals surface area contributed by atoms with Gasteiger partial charge in [0.2, 0.25) is 0 Å². The van der Waals surface area contributed by atoms with E-state index < -0.39 is 6.10 Å². The summed E-state index contributed by atoms with van der Waals surface area (Å²) < 4.78 is 21.8. The molecule has 2 rings (SSSR count). The molecule has 0 aromatic heterocycles. The summed E-state index contributed by atoms with van der Waals surface area (Å²) in [5, 5.41) is 10.00. The van der Waals surface area contributed by atoms with Crippen LogP contribution in [0.15, 0.2) is 0 Å². The van der Waals surface area contributed by atoms with Crippen LogP contribution in [0.4, 0.5) is 0 Å². The van der Waals surface area contributed by atoms with E-state index in [0.717, 1.165) is 38.9 Å². The van der Waals surface area contributed by atoms with Gasteiger partial charge in [-0.15, -0.1) is 0 Å². The largest absolute Gasteiger partial charge is 0.389 e. The topological polar surface area (TPSA) is 60.4 Å². The fourth-order valence-electron chi connectivity index (χ4n) is 3.16. The van der Waals surface area contributed by atoms with Crippen molar-refractivity contribution in [1.29, 1.82) is 0 Å². The van der Waals surface area contributed by atoms with Crippen LogP contribution in [0.2, 0.25) is 0 Å². The van der Waals surface area contributed by atoms with Crippen LogP contribution >= 0.6 is 0 Å². The van der Waals surface area contributed by atoms with Crippen molar-refractivity contribution in [2.75, 3.05) is 53.7 Å². The van der Waals surface area contributed by atoms with E-state index >= 15 is 0 Å². The third-order valence-electron chi connectivity index (χ3n) is 4.39. The van der Waals surface area contributed by atoms with E-state index in [9.17, 15) is 5.11 Å². The van der Waals surface area contributed by atoms with E-state index in [1.54, 1.807) is 7.11 Å². The fraction of sp³-hybridized carbons (Fsp3) is 1.00. The zero-order valence-corrected chi connectivity index (χ0v) is 13.3. The second-order valence-corrected chi connectivity index (χ2v) is 6.00. The Hall–Kier alpha value is -0.240. The van der Waals surface area contributed by atoms with Crippen LogP contribution in [-0.4, -0.2) is 81.7 Å². The van der Waals surface area contributed by atoms with E-state index in [2.05, 4.69) is 11.9 Å². The molecule has 1 saturated carbocycles. The number of ether oxygens (including phenoxy) is 4. The van der Waals surface area contributed by atoms with Gasteiger partial charge >= 0.3 is 0 Å². The lowest BCUT2D eigenvalue weighted by Crippen LogP contribution is -2.45. The van der Waals surface area contributed by atoms with Gasteiger partial charge in [-0.05, 0) is 19.9 Å². The van der Waals surface area contributed by atoms with Gasteiger partial charge in [0.15, 0.2) is 5.79 Å². The summed E-state index contributed by atoms with van der Waals surface area (Å²) in [6, 6.07) is 0.483. The average Bonchev–Trinajstić information content (AvgIpc) is 2.92. The quantitative estimate of drug-likeness (QED) is 0.664. The molecule has 21 heavy (non-hydrogen) atoms. The normalized spacial score (nSPS) is 24.0. The van der Waals surface area contributed by atoms with Gasteiger partial charge in [-0.1, -0.05) is 0 Å². The van der Waals surface area contributed by atoms with E-state index in [1.807, 2.05) is 0 Å². The Balaban J connectivity index is 1.63. The predicted molar refractivity (Wildman–Crippen MR) is 78.2 cm³/mol. The lowest BCUT2D eigenvalue weighted by atomic mass is 9.89. The molecule has 1 saturated heterocycles. The minimum Gasteiger partial charge on any atom is -0.389 e. The molecule has 6 nitrogen and oxygen atoms in total. The molecule has 0 radical (unpaired) electrons. The molecule has 1 atom stereocenters. The SMILES string of the molecule is COCCOCC(O)CN(C)C1CCC2(CC1)OCCO2. The van der Waals surface area contributed by atoms with E-state index in [4.69, 9.17) is 18.9 Å². The first-order valence-electron chi connectivity index (χ1n) is 7.88. The van der Waals surface area contributed by atoms with Crippen LogP contribution in [0.25, 0.3) is 0 Å². The number of likely N-dealkylation sites (N-methyl/N-ethyl adjacent to an activating group) is 1. The molecule has 1 aliphatic carbocycles. The van der Waals surface area contributed by atoms with Crippen LogP contribution < -0.4 is 0 Å². The highest BCUT2D eigenvalue weighted by molar-refractivity contribution is 4.86. The van der Waals surface area contributed by atoms with Crippen molar-refractivity contribution >= 4 is 0 Å². The number of methoxy groups -OCH3 is 1. The third kappa shape index (κ3) is 5.16. The van der Waals surface area contributed by atoms with Crippen LogP contribution in [0.3, 0.4) is 0 Å². The molecule has 1 spiro atoms. The lowest BCUT2D eigenvalue weighted by molar-refractivity contribution is -0.183. The molecule has 0 amide bonds. The maximum absolute atomic E-state index is 10.00. The maximum atomic E-state index is 10.00. The number of aliphatic hydroxyl groups is 1. The second kappa shape index (κ2) is 8.41. The van der Waals surface area contributed by atoms with Gasteiger partial charge in [0.05, 0.1) is 39.1 Å². The first-order valence-corrected chi connectivity index (χ1v) is 7.88. The van der Waals surface area contributed by atoms with Gasteiger partial charge in [0, 0.05) is 32.5 Å². The fourth-order valence-corrected chi connectivity index (χ4v) is 3.16. The third-order valence-corrected chi connectivity index (χ3v) is 4.39. The molecular formula is C15H29NO5. The summed E-state index contributed by atoms with van der Waals surface area (Å²) in [5.74, 6) is -0.306. The van der Waals surface area contributed by atoms with Gasteiger partial charge in [-0.3, -0.25) is 0 Å². The van der Waals surface area contributed by atoms with Crippen LogP contribution in [-0.2, 0) is 18.9 Å². The highest BCUT2D eigenvalue weighted by Gasteiger charge is 2.41. The average molecular weight is 303 g/mol. The minimum atomic E-state index is -0.457. The summed E-state index contributed by atoms with van der Waals surface area (Å²) in [5.41, 5.74) is 0. The number of nitrogens with zero attached hydrogens (tertiary/aromatic N) is 1. The number of hydrogen-bond acceptors (Lipinski definition) is 6. The molecule has 2 fully saturated rings. The lowest BCUT2D eigenvalue weighted by Gasteiger charge is -2.39. The summed E-state index contributed by atoms with van der Waals surface area (Å²) in [6.07, 6.45) is 3.54. The minimum absolute atomic E-state index is 0.306. The van der Waals surface area contributed by atoms with Crippen molar-refractivity contribution in [3.05, 3.63) is 0 Å². The van der Waals surface area contributed by atoms with Gasteiger partial charge in [-0.2, -0.15) is 0 Å². The van der Waals surface area contributed by atoms with Crippen molar-refractivity contribution in [3.8, 4) is 0 Å². The molecule has 1 aliphatic heterocycles. The van der Waals surface area contributed by atoms with Crippen LogP contribution in [0.5, 0.6) is 0 Å². The first-order chi connectivity index (χ1) is 10.2. The van der Waals surface area contributed by atoms with Crippen molar-refractivity contribution in [2.45, 2.75) is 43.6 Å². The molecule has 0 aromatic rings. The number of rotatable bonds is 8. The summed E-state index contributed by atoms with van der Waals surface area (Å²) >= 11 is 0. The molecule has 1 N–H and O–H groups in total. The Morgan fingerprint density at radius 1 is 1.24 bits per heavy atom. The molecule has 6 heteroatoms. The Kier molecular flexibility index (Phi) is 6.85. The summed E-state index contributed by atoms with van der Waals surface area (Å²) in [6.45, 7) is 3.52. The monoisotopic (exact) mass is 303 g/mol. The number of aliphatic hydroxyl groups excluding tert-OH is 1. The van der Waals surface area contributed by atoms with E-state index in [-0.39, 0.29) is 5.79 Å². The summed E-state index contributed by atoms with van der Waals surface area (Å²) in [4.78, 5) is 2.23. The van der Waals surface area contributed by atoms with Crippen molar-refractivity contribution in [2.24, 2.45) is 0 Å². The van der Waals surface area contributed by atoms with Gasteiger partial charge in [0.1, 0.15) is 0 Å². The highest BCUT2D eigenvalue weighted by atomic mass is 16.7. The molecule has 0 aromatic carbocycles. The molecule has 1 unspecified atom stereocenters.